The molecule has 0 saturated heterocycles. The molecule has 0 spiro atoms. The van der Waals surface area contributed by atoms with Crippen LogP contribution in [-0.2, 0) is 22.9 Å². The van der Waals surface area contributed by atoms with Gasteiger partial charge in [0.1, 0.15) is 0 Å². The molecule has 1 aliphatic rings. The van der Waals surface area contributed by atoms with Crippen molar-refractivity contribution in [1.29, 1.82) is 0 Å². The fourth-order valence-electron chi connectivity index (χ4n) is 3.15. The van der Waals surface area contributed by atoms with Gasteiger partial charge in [0.25, 0.3) is 10.0 Å². The van der Waals surface area contributed by atoms with Gasteiger partial charge in [0, 0.05) is 0 Å². The van der Waals surface area contributed by atoms with Crippen LogP contribution in [0, 0.1) is 0 Å². The van der Waals surface area contributed by atoms with Crippen molar-refractivity contribution in [1.82, 2.24) is 4.98 Å². The number of hydrogen-bond acceptors (Lipinski definition) is 5. The van der Waals surface area contributed by atoms with Crippen LogP contribution < -0.4 is 4.72 Å². The number of nitrogens with zero attached hydrogens (tertiary/aromatic N) is 1. The highest BCUT2D eigenvalue weighted by atomic mass is 32.2. The number of rotatable bonds is 4. The summed E-state index contributed by atoms with van der Waals surface area (Å²) < 4.78 is 30.2. The fraction of sp³-hybridized carbons (Fsp3) is 0.278. The van der Waals surface area contributed by atoms with Gasteiger partial charge in [-0.05, 0) is 73.4 Å². The molecule has 1 heterocycles. The van der Waals surface area contributed by atoms with Gasteiger partial charge in [0.05, 0.1) is 20.8 Å². The van der Waals surface area contributed by atoms with E-state index in [1.54, 1.807) is 35.2 Å². The predicted molar refractivity (Wildman–Crippen MR) is 105 cm³/mol. The molecule has 0 radical (unpaired) electrons. The maximum absolute atomic E-state index is 12.8. The van der Waals surface area contributed by atoms with Gasteiger partial charge in [0.15, 0.2) is 4.34 Å². The van der Waals surface area contributed by atoms with Crippen LogP contribution in [0.5, 0.6) is 0 Å². The third-order valence-corrected chi connectivity index (χ3v) is 7.81. The Labute approximate surface area is 155 Å². The normalized spacial score (nSPS) is 14.4. The van der Waals surface area contributed by atoms with E-state index in [1.165, 1.54) is 12.0 Å². The van der Waals surface area contributed by atoms with E-state index in [-0.39, 0.29) is 0 Å². The Kier molecular flexibility index (Phi) is 4.47. The van der Waals surface area contributed by atoms with Crippen molar-refractivity contribution < 1.29 is 8.42 Å². The lowest BCUT2D eigenvalue weighted by Crippen LogP contribution is -2.14. The van der Waals surface area contributed by atoms with E-state index >= 15 is 0 Å². The number of benzene rings is 2. The van der Waals surface area contributed by atoms with Crippen molar-refractivity contribution in [3.8, 4) is 0 Å². The third-order valence-electron chi connectivity index (χ3n) is 4.43. The Morgan fingerprint density at radius 2 is 1.88 bits per heavy atom. The van der Waals surface area contributed by atoms with Crippen molar-refractivity contribution in [3.05, 3.63) is 47.5 Å². The first-order valence-corrected chi connectivity index (χ1v) is 11.7. The first kappa shape index (κ1) is 16.9. The van der Waals surface area contributed by atoms with E-state index in [4.69, 9.17) is 0 Å². The van der Waals surface area contributed by atoms with Gasteiger partial charge >= 0.3 is 0 Å². The Morgan fingerprint density at radius 3 is 2.68 bits per heavy atom. The number of hydrogen-bond donors (Lipinski definition) is 1. The van der Waals surface area contributed by atoms with E-state index in [1.807, 2.05) is 30.5 Å². The molecule has 0 aliphatic heterocycles. The minimum absolute atomic E-state index is 0.336. The molecule has 4 nitrogen and oxygen atoms in total. The molecule has 1 N–H and O–H groups in total. The highest BCUT2D eigenvalue weighted by molar-refractivity contribution is 8.00. The first-order chi connectivity index (χ1) is 12.0. The van der Waals surface area contributed by atoms with Gasteiger partial charge in [-0.25, -0.2) is 13.4 Å². The van der Waals surface area contributed by atoms with Crippen LogP contribution in [0.2, 0.25) is 0 Å². The van der Waals surface area contributed by atoms with Crippen LogP contribution in [0.15, 0.2) is 45.6 Å². The molecule has 25 heavy (non-hydrogen) atoms. The van der Waals surface area contributed by atoms with E-state index in [0.717, 1.165) is 39.4 Å². The molecule has 3 aromatic rings. The Balaban J connectivity index is 1.64. The summed E-state index contributed by atoms with van der Waals surface area (Å²) in [4.78, 5) is 4.81. The number of sulfonamides is 1. The summed E-state index contributed by atoms with van der Waals surface area (Å²) in [5.41, 5.74) is 3.91. The molecule has 0 amide bonds. The second kappa shape index (κ2) is 6.63. The number of thioether (sulfide) groups is 1. The first-order valence-electron chi connectivity index (χ1n) is 8.14. The molecule has 0 atom stereocenters. The summed E-state index contributed by atoms with van der Waals surface area (Å²) in [6.07, 6.45) is 6.30. The molecule has 0 bridgehead atoms. The lowest BCUT2D eigenvalue weighted by Gasteiger charge is -2.17. The molecule has 0 fully saturated rings. The molecule has 130 valence electrons. The number of aryl methyl sites for hydroxylation is 2. The minimum Gasteiger partial charge on any atom is -0.280 e. The number of thiazole rings is 1. The second-order valence-electron chi connectivity index (χ2n) is 6.11. The van der Waals surface area contributed by atoms with Crippen LogP contribution in [0.25, 0.3) is 10.2 Å². The number of anilines is 1. The largest absolute Gasteiger partial charge is 0.280 e. The lowest BCUT2D eigenvalue weighted by molar-refractivity contribution is 0.600. The number of aromatic nitrogens is 1. The monoisotopic (exact) mass is 390 g/mol. The zero-order valence-electron chi connectivity index (χ0n) is 13.8. The molecule has 4 rings (SSSR count). The van der Waals surface area contributed by atoms with E-state index in [2.05, 4.69) is 9.71 Å². The maximum Gasteiger partial charge on any atom is 0.261 e. The number of fused-ring (bicyclic) bond motifs is 2. The summed E-state index contributed by atoms with van der Waals surface area (Å²) >= 11 is 3.16. The topological polar surface area (TPSA) is 59.1 Å². The fourth-order valence-corrected chi connectivity index (χ4v) is 5.77. The minimum atomic E-state index is -3.59. The van der Waals surface area contributed by atoms with Crippen molar-refractivity contribution in [2.24, 2.45) is 0 Å². The molecule has 1 aliphatic carbocycles. The molecule has 7 heteroatoms. The van der Waals surface area contributed by atoms with Crippen LogP contribution in [0.3, 0.4) is 0 Å². The Bertz CT molecular complexity index is 1040. The molecule has 2 aromatic carbocycles. The van der Waals surface area contributed by atoms with Gasteiger partial charge < -0.3 is 0 Å². The zero-order chi connectivity index (χ0) is 17.4. The zero-order valence-corrected chi connectivity index (χ0v) is 16.2. The average Bonchev–Trinajstić information content (AvgIpc) is 3.03. The summed E-state index contributed by atoms with van der Waals surface area (Å²) in [6.45, 7) is 0. The van der Waals surface area contributed by atoms with Crippen molar-refractivity contribution >= 4 is 49.0 Å². The van der Waals surface area contributed by atoms with Crippen LogP contribution >= 0.6 is 23.1 Å². The highest BCUT2D eigenvalue weighted by Gasteiger charge is 2.18. The van der Waals surface area contributed by atoms with Gasteiger partial charge in [-0.15, -0.1) is 11.3 Å². The molecule has 0 saturated carbocycles. The highest BCUT2D eigenvalue weighted by Crippen LogP contribution is 2.31. The smallest absolute Gasteiger partial charge is 0.261 e. The standard InChI is InChI=1S/C18H18N2O2S3/c1-23-18-19-16-9-7-14(11-17(16)24-18)20-25(21,22)15-8-6-12-4-2-3-5-13(12)10-15/h6-11,20H,2-5H2,1H3. The van der Waals surface area contributed by atoms with Crippen molar-refractivity contribution in [2.45, 2.75) is 34.9 Å². The lowest BCUT2D eigenvalue weighted by atomic mass is 9.92. The summed E-state index contributed by atoms with van der Waals surface area (Å²) in [7, 11) is -3.59. The predicted octanol–water partition coefficient (Wildman–Crippen LogP) is 4.70. The van der Waals surface area contributed by atoms with Crippen LogP contribution in [-0.4, -0.2) is 19.7 Å². The molecule has 1 aromatic heterocycles. The second-order valence-corrected chi connectivity index (χ2v) is 9.88. The van der Waals surface area contributed by atoms with Gasteiger partial charge in [0.2, 0.25) is 0 Å². The summed E-state index contributed by atoms with van der Waals surface area (Å²) in [6, 6.07) is 11.0. The van der Waals surface area contributed by atoms with Crippen LogP contribution in [0.1, 0.15) is 24.0 Å². The van der Waals surface area contributed by atoms with E-state index in [9.17, 15) is 8.42 Å². The van der Waals surface area contributed by atoms with E-state index < -0.39 is 10.0 Å². The van der Waals surface area contributed by atoms with Crippen LogP contribution in [0.4, 0.5) is 5.69 Å². The Morgan fingerprint density at radius 1 is 1.08 bits per heavy atom. The van der Waals surface area contributed by atoms with Gasteiger partial charge in [-0.2, -0.15) is 0 Å². The van der Waals surface area contributed by atoms with E-state index in [0.29, 0.717) is 10.6 Å². The third kappa shape index (κ3) is 3.41. The maximum atomic E-state index is 12.8. The van der Waals surface area contributed by atoms with Gasteiger partial charge in [-0.1, -0.05) is 17.8 Å². The molecule has 0 unspecified atom stereocenters. The van der Waals surface area contributed by atoms with Crippen molar-refractivity contribution in [2.75, 3.05) is 11.0 Å². The molecular formula is C18H18N2O2S3. The summed E-state index contributed by atoms with van der Waals surface area (Å²) in [5, 5.41) is 0. The van der Waals surface area contributed by atoms with Gasteiger partial charge in [-0.3, -0.25) is 4.72 Å². The SMILES string of the molecule is CSc1nc2ccc(NS(=O)(=O)c3ccc4c(c3)CCCC4)cc2s1. The summed E-state index contributed by atoms with van der Waals surface area (Å²) in [5.74, 6) is 0. The average molecular weight is 391 g/mol. The number of nitrogens with one attached hydrogen (secondary N) is 1. The Hall–Kier alpha value is -1.57. The quantitative estimate of drug-likeness (QED) is 0.656. The molecular weight excluding hydrogens is 372 g/mol. The van der Waals surface area contributed by atoms with Crippen molar-refractivity contribution in [3.63, 3.8) is 0 Å².